The van der Waals surface area contributed by atoms with Crippen LogP contribution in [0.5, 0.6) is 5.75 Å². The first-order valence-electron chi connectivity index (χ1n) is 9.43. The number of oxazole rings is 1. The molecule has 6 heteroatoms. The molecule has 2 aromatic rings. The molecule has 2 N–H and O–H groups in total. The molecule has 0 atom stereocenters. The van der Waals surface area contributed by atoms with E-state index in [9.17, 15) is 0 Å². The third kappa shape index (κ3) is 6.96. The van der Waals surface area contributed by atoms with Gasteiger partial charge in [-0.25, -0.2) is 4.98 Å². The lowest BCUT2D eigenvalue weighted by Crippen LogP contribution is -2.37. The topological polar surface area (TPSA) is 71.7 Å². The molecule has 0 bridgehead atoms. The van der Waals surface area contributed by atoms with Crippen molar-refractivity contribution in [3.05, 3.63) is 47.7 Å². The van der Waals surface area contributed by atoms with Crippen molar-refractivity contribution in [1.82, 2.24) is 15.6 Å². The summed E-state index contributed by atoms with van der Waals surface area (Å²) in [5.41, 5.74) is 1.21. The molecular formula is C21H32N4O2. The first kappa shape index (κ1) is 20.8. The number of aromatic nitrogens is 1. The van der Waals surface area contributed by atoms with Crippen LogP contribution < -0.4 is 15.4 Å². The number of ether oxygens (including phenoxy) is 1. The fourth-order valence-corrected chi connectivity index (χ4v) is 2.45. The summed E-state index contributed by atoms with van der Waals surface area (Å²) < 4.78 is 11.5. The van der Waals surface area contributed by atoms with Gasteiger partial charge >= 0.3 is 0 Å². The summed E-state index contributed by atoms with van der Waals surface area (Å²) in [5, 5.41) is 6.54. The number of hydrogen-bond acceptors (Lipinski definition) is 4. The zero-order valence-corrected chi connectivity index (χ0v) is 17.3. The summed E-state index contributed by atoms with van der Waals surface area (Å²) in [7, 11) is 1.75. The van der Waals surface area contributed by atoms with Crippen LogP contribution in [0, 0.1) is 0 Å². The van der Waals surface area contributed by atoms with Crippen molar-refractivity contribution in [2.24, 2.45) is 4.99 Å². The molecular weight excluding hydrogens is 340 g/mol. The van der Waals surface area contributed by atoms with Crippen molar-refractivity contribution >= 4 is 5.96 Å². The molecule has 0 saturated heterocycles. The van der Waals surface area contributed by atoms with Crippen LogP contribution in [0.3, 0.4) is 0 Å². The normalized spacial score (nSPS) is 12.3. The number of guanidine groups is 1. The third-order valence-corrected chi connectivity index (χ3v) is 3.92. The van der Waals surface area contributed by atoms with Gasteiger partial charge in [0.1, 0.15) is 11.5 Å². The Morgan fingerprint density at radius 1 is 1.19 bits per heavy atom. The lowest BCUT2D eigenvalue weighted by Gasteiger charge is -2.13. The average molecular weight is 373 g/mol. The van der Waals surface area contributed by atoms with Gasteiger partial charge in [-0.3, -0.25) is 4.99 Å². The second kappa shape index (κ2) is 9.44. The van der Waals surface area contributed by atoms with Gasteiger partial charge in [0.25, 0.3) is 0 Å². The molecule has 1 aromatic carbocycles. The van der Waals surface area contributed by atoms with Crippen LogP contribution in [0.4, 0.5) is 0 Å². The van der Waals surface area contributed by atoms with E-state index in [1.54, 1.807) is 13.2 Å². The summed E-state index contributed by atoms with van der Waals surface area (Å²) in [6.07, 6.45) is 2.88. The molecule has 1 aromatic heterocycles. The predicted octanol–water partition coefficient (Wildman–Crippen LogP) is 3.67. The van der Waals surface area contributed by atoms with E-state index in [0.29, 0.717) is 12.4 Å². The molecule has 148 valence electrons. The van der Waals surface area contributed by atoms with Crippen LogP contribution in [-0.2, 0) is 18.4 Å². The van der Waals surface area contributed by atoms with Crippen LogP contribution in [0.15, 0.2) is 39.9 Å². The smallest absolute Gasteiger partial charge is 0.213 e. The van der Waals surface area contributed by atoms with E-state index in [2.05, 4.69) is 53.5 Å². The minimum absolute atomic E-state index is 0.0407. The quantitative estimate of drug-likeness (QED) is 0.573. The Kier molecular flexibility index (Phi) is 7.28. The molecule has 0 aliphatic rings. The fraction of sp³-hybridized carbons (Fsp3) is 0.524. The average Bonchev–Trinajstić information content (AvgIpc) is 3.08. The largest absolute Gasteiger partial charge is 0.491 e. The van der Waals surface area contributed by atoms with Crippen molar-refractivity contribution < 1.29 is 9.15 Å². The van der Waals surface area contributed by atoms with Gasteiger partial charge in [-0.2, -0.15) is 0 Å². The van der Waals surface area contributed by atoms with Gasteiger partial charge in [-0.05, 0) is 38.0 Å². The second-order valence-electron chi connectivity index (χ2n) is 7.78. The van der Waals surface area contributed by atoms with Crippen LogP contribution in [-0.4, -0.2) is 30.6 Å². The first-order chi connectivity index (χ1) is 12.8. The van der Waals surface area contributed by atoms with E-state index in [0.717, 1.165) is 30.4 Å². The Labute approximate surface area is 162 Å². The Morgan fingerprint density at radius 3 is 2.44 bits per heavy atom. The summed E-state index contributed by atoms with van der Waals surface area (Å²) >= 11 is 0. The SMILES string of the molecule is CN=C(NCCc1ccc(OC(C)C)cc1)NCc1ncc(C(C)(C)C)o1. The lowest BCUT2D eigenvalue weighted by molar-refractivity contribution is 0.242. The number of hydrogen-bond donors (Lipinski definition) is 2. The molecule has 6 nitrogen and oxygen atoms in total. The van der Waals surface area contributed by atoms with Crippen molar-refractivity contribution in [1.29, 1.82) is 0 Å². The van der Waals surface area contributed by atoms with Crippen molar-refractivity contribution in [2.75, 3.05) is 13.6 Å². The standard InChI is InChI=1S/C21H32N4O2/c1-15(2)26-17-9-7-16(8-10-17)11-12-23-20(22-6)25-14-19-24-13-18(27-19)21(3,4)5/h7-10,13,15H,11-12,14H2,1-6H3,(H2,22,23,25). The summed E-state index contributed by atoms with van der Waals surface area (Å²) in [5.74, 6) is 3.17. The Bertz CT molecular complexity index is 727. The zero-order chi connectivity index (χ0) is 19.9. The maximum absolute atomic E-state index is 5.79. The molecule has 0 aliphatic carbocycles. The molecule has 0 amide bonds. The van der Waals surface area contributed by atoms with Crippen LogP contribution in [0.2, 0.25) is 0 Å². The lowest BCUT2D eigenvalue weighted by atomic mass is 9.94. The van der Waals surface area contributed by atoms with Crippen molar-refractivity contribution in [3.8, 4) is 5.75 Å². The maximum atomic E-state index is 5.79. The molecule has 27 heavy (non-hydrogen) atoms. The van der Waals surface area contributed by atoms with Gasteiger partial charge in [0, 0.05) is 19.0 Å². The van der Waals surface area contributed by atoms with E-state index in [1.807, 2.05) is 26.0 Å². The monoisotopic (exact) mass is 372 g/mol. The van der Waals surface area contributed by atoms with Crippen LogP contribution >= 0.6 is 0 Å². The first-order valence-corrected chi connectivity index (χ1v) is 9.43. The van der Waals surface area contributed by atoms with Gasteiger partial charge in [-0.15, -0.1) is 0 Å². The minimum Gasteiger partial charge on any atom is -0.491 e. The molecule has 0 spiro atoms. The molecule has 1 heterocycles. The number of aliphatic imine (C=N–C) groups is 1. The highest BCUT2D eigenvalue weighted by Gasteiger charge is 2.19. The highest BCUT2D eigenvalue weighted by molar-refractivity contribution is 5.79. The molecule has 0 fully saturated rings. The van der Waals surface area contributed by atoms with Gasteiger partial charge in [0.15, 0.2) is 5.96 Å². The van der Waals surface area contributed by atoms with E-state index in [-0.39, 0.29) is 11.5 Å². The van der Waals surface area contributed by atoms with E-state index >= 15 is 0 Å². The highest BCUT2D eigenvalue weighted by atomic mass is 16.5. The van der Waals surface area contributed by atoms with E-state index < -0.39 is 0 Å². The molecule has 0 aliphatic heterocycles. The number of benzene rings is 1. The van der Waals surface area contributed by atoms with E-state index in [1.165, 1.54) is 5.56 Å². The summed E-state index contributed by atoms with van der Waals surface area (Å²) in [6.45, 7) is 11.6. The number of nitrogens with one attached hydrogen (secondary N) is 2. The summed E-state index contributed by atoms with van der Waals surface area (Å²) in [6, 6.07) is 8.21. The Balaban J connectivity index is 1.76. The van der Waals surface area contributed by atoms with Gasteiger partial charge in [0.2, 0.25) is 5.89 Å². The minimum atomic E-state index is -0.0407. The van der Waals surface area contributed by atoms with Gasteiger partial charge in [-0.1, -0.05) is 32.9 Å². The van der Waals surface area contributed by atoms with Gasteiger partial charge < -0.3 is 19.8 Å². The van der Waals surface area contributed by atoms with Crippen LogP contribution in [0.25, 0.3) is 0 Å². The van der Waals surface area contributed by atoms with E-state index in [4.69, 9.17) is 9.15 Å². The molecule has 2 rings (SSSR count). The van der Waals surface area contributed by atoms with Crippen molar-refractivity contribution in [3.63, 3.8) is 0 Å². The van der Waals surface area contributed by atoms with Crippen LogP contribution in [0.1, 0.15) is 51.8 Å². The molecule has 0 radical (unpaired) electrons. The van der Waals surface area contributed by atoms with Gasteiger partial charge in [0.05, 0.1) is 18.8 Å². The Morgan fingerprint density at radius 2 is 1.89 bits per heavy atom. The maximum Gasteiger partial charge on any atom is 0.213 e. The zero-order valence-electron chi connectivity index (χ0n) is 17.3. The Hall–Kier alpha value is -2.50. The highest BCUT2D eigenvalue weighted by Crippen LogP contribution is 2.22. The summed E-state index contributed by atoms with van der Waals surface area (Å²) in [4.78, 5) is 8.56. The van der Waals surface area contributed by atoms with Crippen molar-refractivity contribution in [2.45, 2.75) is 59.1 Å². The predicted molar refractivity (Wildman–Crippen MR) is 109 cm³/mol. The number of nitrogens with zero attached hydrogens (tertiary/aromatic N) is 2. The number of rotatable bonds is 7. The molecule has 0 unspecified atom stereocenters. The third-order valence-electron chi connectivity index (χ3n) is 3.92. The molecule has 0 saturated carbocycles. The fourth-order valence-electron chi connectivity index (χ4n) is 2.45. The second-order valence-corrected chi connectivity index (χ2v) is 7.78.